The van der Waals surface area contributed by atoms with Gasteiger partial charge in [0.25, 0.3) is 0 Å². The lowest BCUT2D eigenvalue weighted by molar-refractivity contribution is -0.140. The summed E-state index contributed by atoms with van der Waals surface area (Å²) in [5, 5.41) is 1.35. The number of rotatable bonds is 30. The lowest BCUT2D eigenvalue weighted by atomic mass is 9.78. The zero-order chi connectivity index (χ0) is 60.4. The molecule has 2 aromatic heterocycles. The van der Waals surface area contributed by atoms with Gasteiger partial charge in [0.05, 0.1) is 47.7 Å². The predicted molar refractivity (Wildman–Crippen MR) is 340 cm³/mol. The first-order valence-electron chi connectivity index (χ1n) is 30.9. The Hall–Kier alpha value is -7.16. The van der Waals surface area contributed by atoms with Crippen molar-refractivity contribution in [3.63, 3.8) is 0 Å². The number of carbonyl (C=O) groups excluding carboxylic acids is 4. The smallest absolute Gasteiger partial charge is 0.330 e. The number of ether oxygens (including phenoxy) is 6. The lowest BCUT2D eigenvalue weighted by Crippen LogP contribution is -2.26. The Bertz CT molecular complexity index is 3180. The van der Waals surface area contributed by atoms with Gasteiger partial charge in [-0.1, -0.05) is 113 Å². The molecule has 0 N–H and O–H groups in total. The summed E-state index contributed by atoms with van der Waals surface area (Å²) < 4.78 is 66.0. The monoisotopic (exact) mass is 1210 g/mol. The van der Waals surface area contributed by atoms with E-state index in [-0.39, 0.29) is 59.2 Å². The highest BCUT2D eigenvalue weighted by atomic mass is 32.1. The topological polar surface area (TPSA) is 124 Å². The molecule has 86 heavy (non-hydrogen) atoms. The number of benzene rings is 5. The third-order valence-corrected chi connectivity index (χ3v) is 19.7. The second kappa shape index (κ2) is 31.5. The van der Waals surface area contributed by atoms with Crippen LogP contribution in [0, 0.1) is 37.3 Å². The molecule has 2 fully saturated rings. The number of thiophene rings is 2. The van der Waals surface area contributed by atoms with Gasteiger partial charge in [0.2, 0.25) is 0 Å². The molecule has 454 valence electrons. The fraction of sp³-hybridized carbons (Fsp3) is 0.417. The van der Waals surface area contributed by atoms with E-state index in [0.29, 0.717) is 83.8 Å². The molecule has 0 spiro atoms. The van der Waals surface area contributed by atoms with Crippen LogP contribution in [0.2, 0.25) is 0 Å². The normalized spacial score (nSPS) is 16.8. The van der Waals surface area contributed by atoms with Crippen LogP contribution in [-0.4, -0.2) is 50.3 Å². The number of halogens is 2. The Balaban J connectivity index is 0.862. The van der Waals surface area contributed by atoms with E-state index in [2.05, 4.69) is 37.4 Å². The minimum atomic E-state index is -0.374. The van der Waals surface area contributed by atoms with E-state index in [9.17, 15) is 28.0 Å². The van der Waals surface area contributed by atoms with Crippen LogP contribution in [0.1, 0.15) is 163 Å². The number of hydrogen-bond acceptors (Lipinski definition) is 12. The molecule has 7 aromatic rings. The van der Waals surface area contributed by atoms with Crippen LogP contribution < -0.4 is 18.9 Å². The molecule has 10 nitrogen and oxygen atoms in total. The van der Waals surface area contributed by atoms with Crippen LogP contribution in [0.4, 0.5) is 8.78 Å². The molecule has 0 aliphatic heterocycles. The first-order valence-corrected chi connectivity index (χ1v) is 32.5. The number of unbranched alkanes of at least 4 members (excludes halogenated alkanes) is 10. The number of aryl methyl sites for hydroxylation is 2. The average molecular weight is 1210 g/mol. The molecular weight excluding hydrogens is 1130 g/mol. The maximum atomic E-state index is 14.7. The number of hydrogen-bond donors (Lipinski definition) is 0. The molecule has 2 saturated carbocycles. The zero-order valence-corrected chi connectivity index (χ0v) is 51.4. The molecule has 2 aliphatic carbocycles. The maximum Gasteiger partial charge on any atom is 0.330 e. The van der Waals surface area contributed by atoms with Crippen molar-refractivity contribution in [2.75, 3.05) is 26.4 Å². The fourth-order valence-electron chi connectivity index (χ4n) is 12.1. The standard InChI is InChI=1S/C72H80F2O10S2/c1-5-61(75)81-45-17-13-9-7-11-15-43-79-59-39-31-51(32-40-59)49-19-23-55(24-20-49)71(77)83-65-63-47(3)67(53-27-35-57(73)36-28-53)86-70(63)66(64-48(4)68(85-69(64)65)54-29-37-58(74)38-30-54)84-72(78)56-25-21-50(22-26-56)52-33-41-60(42-34-52)80-44-16-12-8-10-14-18-46-82-62(76)6-2/h5-6,27-42,49-50,55-56H,1-2,7-26,43-46H2,3-4H3. The maximum absolute atomic E-state index is 14.7. The first-order chi connectivity index (χ1) is 41.9. The van der Waals surface area contributed by atoms with Crippen molar-refractivity contribution in [3.8, 4) is 43.9 Å². The Labute approximate surface area is 512 Å². The van der Waals surface area contributed by atoms with Crippen LogP contribution in [0.5, 0.6) is 23.0 Å². The van der Waals surface area contributed by atoms with Crippen molar-refractivity contribution in [2.45, 2.75) is 154 Å². The van der Waals surface area contributed by atoms with Crippen LogP contribution in [0.25, 0.3) is 41.1 Å². The van der Waals surface area contributed by atoms with E-state index in [1.807, 2.05) is 38.1 Å². The van der Waals surface area contributed by atoms with E-state index >= 15 is 0 Å². The number of esters is 4. The highest BCUT2D eigenvalue weighted by Gasteiger charge is 2.35. The van der Waals surface area contributed by atoms with E-state index in [0.717, 1.165) is 146 Å². The van der Waals surface area contributed by atoms with Gasteiger partial charge in [-0.25, -0.2) is 18.4 Å². The van der Waals surface area contributed by atoms with Crippen molar-refractivity contribution < 1.29 is 56.4 Å². The summed E-state index contributed by atoms with van der Waals surface area (Å²) in [4.78, 5) is 53.6. The largest absolute Gasteiger partial charge is 0.494 e. The molecular formula is C72H80F2O10S2. The first kappa shape index (κ1) is 63.3. The molecule has 9 rings (SSSR count). The zero-order valence-electron chi connectivity index (χ0n) is 49.7. The van der Waals surface area contributed by atoms with Gasteiger partial charge in [0, 0.05) is 32.7 Å². The summed E-state index contributed by atoms with van der Waals surface area (Å²) in [5.41, 5.74) is 5.68. The van der Waals surface area contributed by atoms with Crippen LogP contribution in [0.15, 0.2) is 122 Å². The second-order valence-electron chi connectivity index (χ2n) is 23.0. The number of carbonyl (C=O) groups is 4. The van der Waals surface area contributed by atoms with Crippen LogP contribution in [-0.2, 0) is 28.7 Å². The van der Waals surface area contributed by atoms with Gasteiger partial charge in [-0.15, -0.1) is 22.7 Å². The molecule has 0 amide bonds. The van der Waals surface area contributed by atoms with E-state index in [1.165, 1.54) is 70.2 Å². The molecule has 0 atom stereocenters. The molecule has 2 aliphatic rings. The van der Waals surface area contributed by atoms with Crippen LogP contribution in [0.3, 0.4) is 0 Å². The fourth-order valence-corrected chi connectivity index (χ4v) is 14.7. The summed E-state index contributed by atoms with van der Waals surface area (Å²) in [5.74, 6) is 0.329. The van der Waals surface area contributed by atoms with E-state index in [4.69, 9.17) is 28.4 Å². The Kier molecular flexibility index (Phi) is 23.2. The van der Waals surface area contributed by atoms with Gasteiger partial charge in [-0.3, -0.25) is 9.59 Å². The minimum Gasteiger partial charge on any atom is -0.494 e. The highest BCUT2D eigenvalue weighted by Crippen LogP contribution is 2.56. The SMILES string of the molecule is C=CC(=O)OCCCCCCCCOc1ccc(C2CCC(C(=O)Oc3c4sc(-c5ccc(F)cc5)c(C)c4c(OC(=O)C4CCC(c5ccc(OCCCCCCCCOC(=O)C=C)cc5)CC4)c4sc(-c5ccc(F)cc5)c(C)c34)CC2)cc1. The average Bonchev–Trinajstić information content (AvgIpc) is 1.58. The summed E-state index contributed by atoms with van der Waals surface area (Å²) in [6, 6.07) is 29.4. The van der Waals surface area contributed by atoms with Crippen LogP contribution >= 0.6 is 22.7 Å². The molecule has 5 aromatic carbocycles. The molecule has 14 heteroatoms. The van der Waals surface area contributed by atoms with Crippen molar-refractivity contribution >= 4 is 66.7 Å². The van der Waals surface area contributed by atoms with Gasteiger partial charge >= 0.3 is 23.9 Å². The van der Waals surface area contributed by atoms with Gasteiger partial charge in [0.1, 0.15) is 23.1 Å². The quantitative estimate of drug-likeness (QED) is 0.0186. The van der Waals surface area contributed by atoms with E-state index < -0.39 is 0 Å². The van der Waals surface area contributed by atoms with Crippen molar-refractivity contribution in [1.82, 2.24) is 0 Å². The molecule has 0 unspecified atom stereocenters. The van der Waals surface area contributed by atoms with Gasteiger partial charge in [-0.05, 0) is 185 Å². The van der Waals surface area contributed by atoms with Gasteiger partial charge in [0.15, 0.2) is 11.5 Å². The highest BCUT2D eigenvalue weighted by molar-refractivity contribution is 7.25. The molecule has 0 radical (unpaired) electrons. The molecule has 0 bridgehead atoms. The van der Waals surface area contributed by atoms with E-state index in [1.54, 1.807) is 24.3 Å². The Morgan fingerprint density at radius 3 is 1.12 bits per heavy atom. The second-order valence-corrected chi connectivity index (χ2v) is 25.0. The number of fused-ring (bicyclic) bond motifs is 2. The molecule has 0 saturated heterocycles. The Morgan fingerprint density at radius 1 is 0.453 bits per heavy atom. The lowest BCUT2D eigenvalue weighted by Gasteiger charge is -2.28. The Morgan fingerprint density at radius 2 is 0.779 bits per heavy atom. The van der Waals surface area contributed by atoms with Crippen molar-refractivity contribution in [2.24, 2.45) is 11.8 Å². The van der Waals surface area contributed by atoms with Gasteiger partial charge in [-0.2, -0.15) is 0 Å². The summed E-state index contributed by atoms with van der Waals surface area (Å²) in [7, 11) is 0. The summed E-state index contributed by atoms with van der Waals surface area (Å²) >= 11 is 2.89. The summed E-state index contributed by atoms with van der Waals surface area (Å²) in [6.07, 6.45) is 20.5. The third-order valence-electron chi connectivity index (χ3n) is 17.0. The van der Waals surface area contributed by atoms with Crippen molar-refractivity contribution in [3.05, 3.63) is 156 Å². The van der Waals surface area contributed by atoms with Gasteiger partial charge < -0.3 is 28.4 Å². The van der Waals surface area contributed by atoms with Crippen molar-refractivity contribution in [1.29, 1.82) is 0 Å². The predicted octanol–water partition coefficient (Wildman–Crippen LogP) is 19.0. The summed E-state index contributed by atoms with van der Waals surface area (Å²) in [6.45, 7) is 13.0. The third kappa shape index (κ3) is 16.7. The molecule has 2 heterocycles. The minimum absolute atomic E-state index is 0.289.